The van der Waals surface area contributed by atoms with Crippen LogP contribution in [0.25, 0.3) is 0 Å². The molecule has 11 aliphatic rings. The summed E-state index contributed by atoms with van der Waals surface area (Å²) in [5.74, 6) is -0.480. The van der Waals surface area contributed by atoms with Crippen molar-refractivity contribution in [2.75, 3.05) is 0 Å². The maximum atomic E-state index is 13.5. The maximum absolute atomic E-state index is 13.5. The van der Waals surface area contributed by atoms with Gasteiger partial charge in [-0.2, -0.15) is 13.2 Å². The van der Waals surface area contributed by atoms with Crippen molar-refractivity contribution < 1.29 is 103 Å². The Labute approximate surface area is 653 Å². The van der Waals surface area contributed by atoms with E-state index in [1.54, 1.807) is 0 Å². The van der Waals surface area contributed by atoms with Gasteiger partial charge in [0.2, 0.25) is 17.7 Å². The zero-order chi connectivity index (χ0) is 79.9. The van der Waals surface area contributed by atoms with E-state index in [4.69, 9.17) is 45.1 Å². The molecule has 4 aromatic rings. The molecule has 2 saturated heterocycles. The molecule has 110 heavy (non-hydrogen) atoms. The number of ketones is 3. The number of amides is 3. The number of Topliss-reactive ketones (excluding diaryl/α,β-unsaturated/α-hetero) is 3. The minimum Gasteiger partial charge on any atom is -1.00 e. The van der Waals surface area contributed by atoms with E-state index in [0.29, 0.717) is 78.9 Å². The van der Waals surface area contributed by atoms with Gasteiger partial charge in [-0.1, -0.05) is 188 Å². The Hall–Kier alpha value is -6.81. The van der Waals surface area contributed by atoms with Gasteiger partial charge in [0, 0.05) is 57.6 Å². The van der Waals surface area contributed by atoms with Crippen LogP contribution >= 0.6 is 0 Å². The third-order valence-corrected chi connectivity index (χ3v) is 24.1. The molecule has 15 atom stereocenters. The Balaban J connectivity index is 0.000000194. The fourth-order valence-electron chi connectivity index (χ4n) is 17.0. The lowest BCUT2D eigenvalue weighted by molar-refractivity contribution is -0.344. The van der Waals surface area contributed by atoms with Gasteiger partial charge in [-0.05, 0) is 159 Å². The zero-order valence-electron chi connectivity index (χ0n) is 65.3. The summed E-state index contributed by atoms with van der Waals surface area (Å²) in [7, 11) is -1.98. The Morgan fingerprint density at radius 1 is 0.527 bits per heavy atom. The Kier molecular flexibility index (Phi) is 32.7. The van der Waals surface area contributed by atoms with Gasteiger partial charge in [0.15, 0.2) is 11.6 Å². The average Bonchev–Trinajstić information content (AvgIpc) is 1.40. The third kappa shape index (κ3) is 25.9. The molecule has 4 aromatic carbocycles. The minimum absolute atomic E-state index is 0. The monoisotopic (exact) mass is 1550 g/mol. The van der Waals surface area contributed by atoms with Crippen LogP contribution in [0.1, 0.15) is 188 Å². The number of hydrogen-bond acceptors (Lipinski definition) is 17. The van der Waals surface area contributed by atoms with Crippen molar-refractivity contribution >= 4 is 68.4 Å². The van der Waals surface area contributed by atoms with Crippen LogP contribution in [0.4, 0.5) is 13.2 Å². The van der Waals surface area contributed by atoms with Crippen LogP contribution in [0.15, 0.2) is 121 Å². The maximum Gasteiger partial charge on any atom is 0.475 e. The first-order valence-corrected chi connectivity index (χ1v) is 38.8. The van der Waals surface area contributed by atoms with Crippen molar-refractivity contribution in [1.29, 1.82) is 0 Å². The summed E-state index contributed by atoms with van der Waals surface area (Å²) in [6.45, 7) is 19.7. The molecule has 602 valence electrons. The first kappa shape index (κ1) is 90.4. The van der Waals surface area contributed by atoms with Gasteiger partial charge in [0.1, 0.15) is 17.8 Å². The summed E-state index contributed by atoms with van der Waals surface area (Å²) in [5, 5.41) is 44.7. The lowest BCUT2D eigenvalue weighted by Crippen LogP contribution is -3.00. The topological polar surface area (TPSA) is 345 Å². The summed E-state index contributed by atoms with van der Waals surface area (Å²) in [6, 6.07) is 36.0. The Bertz CT molecular complexity index is 3680. The lowest BCUT2D eigenvalue weighted by atomic mass is 9.43. The second-order valence-electron chi connectivity index (χ2n) is 33.5. The van der Waals surface area contributed by atoms with Gasteiger partial charge in [-0.3, -0.25) is 28.8 Å². The van der Waals surface area contributed by atoms with Crippen LogP contribution in [0, 0.1) is 52.3 Å². The molecule has 9 saturated carbocycles. The van der Waals surface area contributed by atoms with Crippen LogP contribution in [0.2, 0.25) is 11.6 Å². The molecule has 0 aromatic heterocycles. The Morgan fingerprint density at radius 3 is 1.21 bits per heavy atom. The average molecular weight is 1550 g/mol. The van der Waals surface area contributed by atoms with Crippen molar-refractivity contribution in [2.45, 2.75) is 263 Å². The smallest absolute Gasteiger partial charge is 0.475 e. The normalized spacial score (nSPS) is 25.6. The van der Waals surface area contributed by atoms with Crippen molar-refractivity contribution in [3.05, 3.63) is 144 Å². The zero-order valence-corrected chi connectivity index (χ0v) is 66.0. The molecular weight excluding hydrogens is 1440 g/mol. The summed E-state index contributed by atoms with van der Waals surface area (Å²) >= 11 is 0. The highest BCUT2D eigenvalue weighted by Gasteiger charge is 2.70. The van der Waals surface area contributed by atoms with Gasteiger partial charge in [0.05, 0.1) is 41.5 Å². The van der Waals surface area contributed by atoms with E-state index < -0.39 is 49.2 Å². The molecule has 0 spiro atoms. The number of nitrogens with one attached hydrogen (secondary N) is 3. The molecule has 15 rings (SSSR count). The molecule has 3 amide bonds. The minimum atomic E-state index is -5.19. The first-order valence-electron chi connectivity index (χ1n) is 38.8. The number of alkyl halides is 3. The van der Waals surface area contributed by atoms with E-state index in [2.05, 4.69) is 57.5 Å². The number of nitrogens with two attached hydrogens (primary N) is 2. The predicted molar refractivity (Wildman–Crippen MR) is 408 cm³/mol. The molecule has 4 bridgehead atoms. The molecule has 11 fully saturated rings. The number of rotatable bonds is 28. The van der Waals surface area contributed by atoms with E-state index in [-0.39, 0.29) is 109 Å². The van der Waals surface area contributed by atoms with E-state index >= 15 is 0 Å². The molecule has 2 aliphatic heterocycles. The van der Waals surface area contributed by atoms with Gasteiger partial charge in [-0.25, -0.2) is 4.79 Å². The molecule has 9 aliphatic carbocycles. The summed E-state index contributed by atoms with van der Waals surface area (Å²) in [6.07, 6.45) is 12.3. The van der Waals surface area contributed by atoms with Crippen LogP contribution in [0.3, 0.4) is 0 Å². The van der Waals surface area contributed by atoms with Gasteiger partial charge < -0.3 is 83.5 Å². The lowest BCUT2D eigenvalue weighted by Gasteiger charge is -2.64. The van der Waals surface area contributed by atoms with Gasteiger partial charge in [-0.15, -0.1) is 0 Å². The second-order valence-corrected chi connectivity index (χ2v) is 33.5. The SMILES string of the molecule is CC(=O)C(N)Cc1ccccc1.CC(=O)NC(Cc1ccccc1)C(=O)C[C@@H](CC1CC1)B(O)O.CC(=O)NC(Cc1ccccc1)C(=O)C[C@@H](CC1CC1)B1O[C@@H]2C[C@@H]3C[C@@H](C3(C)C)[C@]2(C)O1.CC(=O)NC(Cc1ccccc1)C(=O)O.CC1(C)[C@@H]2C[C@H]3OB([C@@H](N)CC4CC4)O[C@@]3(C)[C@H]1C2.O=C([O-])C(F)(F)F.[Cl-]. The number of benzene rings is 4. The first-order chi connectivity index (χ1) is 51.3. The molecule has 10 N–H and O–H groups in total. The number of carboxylic acids is 2. The van der Waals surface area contributed by atoms with Crippen LogP contribution in [-0.4, -0.2) is 143 Å². The molecule has 21 nitrogen and oxygen atoms in total. The third-order valence-electron chi connectivity index (χ3n) is 24.1. The molecule has 2 heterocycles. The van der Waals surface area contributed by atoms with Gasteiger partial charge >= 0.3 is 33.5 Å². The number of carbonyl (C=O) groups excluding carboxylic acids is 7. The van der Waals surface area contributed by atoms with E-state index in [9.17, 15) is 56.8 Å². The standard InChI is InChI=1S/C27H38BNO4.C17H24BNO4.C15H26BNO2.C11H13NO3.C10H13NO.C2HF3O2.ClH/c1-17(30)29-22(13-18-8-6-5-7-9-18)23(31)16-21(12-19-10-11-19)28-32-25-15-20-14-24(26(20,2)3)27(25,4)33-28;1-12(20)19-16(10-13-5-3-2-4-6-13)17(21)11-15(18(22)23)9-14-7-8-14;1-14(2)10-7-11(14)15(3)12(8-10)18-16(19-15)13(17)6-9-4-5-9;1-8(13)12-10(11(14)15)7-9-5-3-2-4-6-9;1-8(12)10(11)7-9-5-3-2-4-6-9;3-2(4,5)1(6)7;/h5-9,19-22,24-25H,10-16H2,1-4H3,(H,29,30);2-6,14-16,22-23H,7-11H2,1H3,(H,19,20);9-13H,4-8,17H2,1-3H3;2-6,10H,7H2,1H3,(H,12,13)(H,14,15);2-6,10H,7,11H2,1H3;(H,6,7);1H/p-2/t20-,21+,22?,24-,25+,27-;15-,16?;10-,11-,12+,13-,15-;;;;/m010..../s1. The summed E-state index contributed by atoms with van der Waals surface area (Å²) in [4.78, 5) is 90.5. The fourth-order valence-corrected chi connectivity index (χ4v) is 17.0. The number of carbonyl (C=O) groups is 8. The highest BCUT2D eigenvalue weighted by Crippen LogP contribution is 2.67. The molecular formula is C82H114B3ClF3N5O16-2. The van der Waals surface area contributed by atoms with Crippen molar-refractivity contribution in [2.24, 2.45) is 63.7 Å². The van der Waals surface area contributed by atoms with E-state index in [1.807, 2.05) is 121 Å². The number of halogens is 4. The van der Waals surface area contributed by atoms with Crippen LogP contribution in [-0.2, 0) is 82.7 Å². The molecule has 4 unspecified atom stereocenters. The van der Waals surface area contributed by atoms with E-state index in [0.717, 1.165) is 72.6 Å². The summed E-state index contributed by atoms with van der Waals surface area (Å²) in [5.41, 5.74) is 16.3. The quantitative estimate of drug-likeness (QED) is 0.0278. The Morgan fingerprint density at radius 2 is 0.864 bits per heavy atom. The number of hydrogen-bond donors (Lipinski definition) is 8. The number of carboxylic acid groups (broad SMARTS) is 2. The largest absolute Gasteiger partial charge is 1.00 e. The van der Waals surface area contributed by atoms with Crippen LogP contribution < -0.4 is 44.9 Å². The fraction of sp³-hybridized carbons (Fsp3) is 0.610. The van der Waals surface area contributed by atoms with Gasteiger partial charge in [0.25, 0.3) is 0 Å². The molecule has 28 heteroatoms. The van der Waals surface area contributed by atoms with E-state index in [1.165, 1.54) is 66.2 Å². The predicted octanol–water partition coefficient (Wildman–Crippen LogP) is 6.58. The summed E-state index contributed by atoms with van der Waals surface area (Å²) < 4.78 is 57.5. The highest BCUT2D eigenvalue weighted by molar-refractivity contribution is 6.48. The molecule has 0 radical (unpaired) electrons. The van der Waals surface area contributed by atoms with Crippen molar-refractivity contribution in [3.8, 4) is 0 Å². The highest BCUT2D eigenvalue weighted by atomic mass is 35.5. The number of aliphatic carboxylic acids is 2. The van der Waals surface area contributed by atoms with Crippen LogP contribution in [0.5, 0.6) is 0 Å². The van der Waals surface area contributed by atoms with Crippen molar-refractivity contribution in [1.82, 2.24) is 16.0 Å². The van der Waals surface area contributed by atoms with Crippen molar-refractivity contribution in [3.63, 3.8) is 0 Å². The second kappa shape index (κ2) is 39.8.